The molecule has 4 heterocycles. The van der Waals surface area contributed by atoms with Gasteiger partial charge in [0.1, 0.15) is 12.5 Å². The Hall–Kier alpha value is -3.84. The molecule has 2 aromatic rings. The van der Waals surface area contributed by atoms with Gasteiger partial charge in [-0.25, -0.2) is 4.99 Å². The van der Waals surface area contributed by atoms with Crippen molar-refractivity contribution in [3.05, 3.63) is 46.0 Å². The highest BCUT2D eigenvalue weighted by atomic mass is 33.1. The van der Waals surface area contributed by atoms with E-state index >= 15 is 0 Å². The van der Waals surface area contributed by atoms with Gasteiger partial charge in [0, 0.05) is 72.8 Å². The third-order valence-corrected chi connectivity index (χ3v) is 22.5. The molecule has 4 saturated carbocycles. The van der Waals surface area contributed by atoms with Gasteiger partial charge >= 0.3 is 0 Å². The van der Waals surface area contributed by atoms with Gasteiger partial charge in [-0.2, -0.15) is 0 Å². The molecule has 9 aliphatic rings. The largest absolute Gasteiger partial charge is 0.504 e. The number of phenolic OH excluding ortho intramolecular Hbond substituents is 1. The average molecular weight is 1110 g/mol. The maximum absolute atomic E-state index is 13.5. The number of aromatic hydroxyl groups is 1. The molecule has 9 N–H and O–H groups in total. The second-order valence-corrected chi connectivity index (χ2v) is 27.8. The van der Waals surface area contributed by atoms with Crippen molar-refractivity contribution in [1.82, 2.24) is 10.6 Å². The van der Waals surface area contributed by atoms with E-state index in [-0.39, 0.29) is 85.2 Å². The molecule has 0 aromatic heterocycles. The molecule has 4 aliphatic heterocycles. The monoisotopic (exact) mass is 1110 g/mol. The first kappa shape index (κ1) is 57.4. The molecule has 4 spiro atoms. The number of fused-ring (bicyclic) bond motifs is 7. The summed E-state index contributed by atoms with van der Waals surface area (Å²) in [6.45, 7) is 3.73. The molecule has 11 unspecified atom stereocenters. The maximum atomic E-state index is 13.5. The van der Waals surface area contributed by atoms with E-state index in [0.29, 0.717) is 83.7 Å². The number of rotatable bonds is 8. The van der Waals surface area contributed by atoms with Crippen molar-refractivity contribution in [2.45, 2.75) is 198 Å². The molecule has 0 saturated heterocycles. The number of hydrogen-bond acceptors (Lipinski definition) is 16. The van der Waals surface area contributed by atoms with Gasteiger partial charge in [-0.1, -0.05) is 84.1 Å². The van der Waals surface area contributed by atoms with Crippen molar-refractivity contribution in [3.8, 4) is 46.7 Å². The van der Waals surface area contributed by atoms with Crippen LogP contribution < -0.4 is 30.6 Å². The first-order chi connectivity index (χ1) is 37.7. The number of ketones is 1. The number of hydrogen-bond donors (Lipinski definition) is 8. The number of nitrogens with one attached hydrogen (secondary N) is 2. The van der Waals surface area contributed by atoms with E-state index < -0.39 is 36.7 Å². The minimum atomic E-state index is -1.25. The lowest BCUT2D eigenvalue weighted by molar-refractivity contribution is -0.121. The molecule has 426 valence electrons. The van der Waals surface area contributed by atoms with Crippen molar-refractivity contribution in [2.24, 2.45) is 50.6 Å². The summed E-state index contributed by atoms with van der Waals surface area (Å²) in [4.78, 5) is 18.5. The third-order valence-electron chi connectivity index (χ3n) is 20.0. The normalized spacial score (nSPS) is 33.4. The van der Waals surface area contributed by atoms with Crippen LogP contribution in [0, 0.1) is 63.6 Å². The summed E-state index contributed by atoms with van der Waals surface area (Å²) < 4.78 is 25.4. The first-order valence-corrected chi connectivity index (χ1v) is 31.8. The van der Waals surface area contributed by atoms with Crippen LogP contribution >= 0.6 is 21.6 Å². The van der Waals surface area contributed by atoms with Crippen molar-refractivity contribution < 1.29 is 49.3 Å². The lowest BCUT2D eigenvalue weighted by Crippen LogP contribution is -2.58. The Morgan fingerprint density at radius 3 is 2.42 bits per heavy atom. The Balaban J connectivity index is 1.10. The van der Waals surface area contributed by atoms with E-state index in [1.165, 1.54) is 70.3 Å². The van der Waals surface area contributed by atoms with Crippen LogP contribution in [-0.4, -0.2) is 112 Å². The van der Waals surface area contributed by atoms with Crippen LogP contribution in [0.4, 0.5) is 0 Å². The molecule has 78 heavy (non-hydrogen) atoms. The van der Waals surface area contributed by atoms with Crippen LogP contribution in [0.1, 0.15) is 164 Å². The van der Waals surface area contributed by atoms with E-state index in [1.807, 2.05) is 0 Å². The molecule has 5 aliphatic carbocycles. The molecule has 14 nitrogen and oxygen atoms in total. The molecule has 6 bridgehead atoms. The lowest BCUT2D eigenvalue weighted by atomic mass is 9.57. The Labute approximate surface area is 470 Å². The summed E-state index contributed by atoms with van der Waals surface area (Å²) in [6.07, 6.45) is 17.9. The Kier molecular flexibility index (Phi) is 18.2. The zero-order valence-corrected chi connectivity index (χ0v) is 48.0. The van der Waals surface area contributed by atoms with Crippen LogP contribution in [-0.2, 0) is 35.2 Å². The number of Topliss-reactive ketones (excluding diaryl/α,β-unsaturated/α-hetero) is 1. The fraction of sp³-hybridized carbons (Fsp3) is 0.710. The number of methoxy groups -OCH3 is 1. The second-order valence-electron chi connectivity index (χ2n) is 25.2. The topological polar surface area (TPSA) is 218 Å². The molecule has 0 radical (unpaired) electrons. The van der Waals surface area contributed by atoms with Crippen molar-refractivity contribution in [2.75, 3.05) is 38.7 Å². The van der Waals surface area contributed by atoms with E-state index in [0.717, 1.165) is 48.1 Å². The number of carbonyl (C=O) groups is 1. The number of ether oxygens (including phenoxy) is 4. The van der Waals surface area contributed by atoms with Crippen molar-refractivity contribution >= 4 is 33.3 Å². The van der Waals surface area contributed by atoms with Gasteiger partial charge in [-0.05, 0) is 154 Å². The molecule has 11 atom stereocenters. The summed E-state index contributed by atoms with van der Waals surface area (Å²) in [5.74, 6) is 16.4. The summed E-state index contributed by atoms with van der Waals surface area (Å²) in [7, 11) is 5.23. The van der Waals surface area contributed by atoms with Crippen LogP contribution in [0.5, 0.6) is 23.0 Å². The Morgan fingerprint density at radius 1 is 0.885 bits per heavy atom. The summed E-state index contributed by atoms with van der Waals surface area (Å²) in [6, 6.07) is 4.82. The number of benzene rings is 2. The number of phenols is 1. The molecular formula is C62H86N4O10S2. The highest BCUT2D eigenvalue weighted by Gasteiger charge is 2.59. The van der Waals surface area contributed by atoms with Gasteiger partial charge in [-0.3, -0.25) is 10.1 Å². The summed E-state index contributed by atoms with van der Waals surface area (Å²) in [5.41, 5.74) is 11.0. The van der Waals surface area contributed by atoms with E-state index in [4.69, 9.17) is 29.7 Å². The van der Waals surface area contributed by atoms with Gasteiger partial charge in [-0.15, -0.1) is 0 Å². The van der Waals surface area contributed by atoms with Crippen LogP contribution in [0.3, 0.4) is 0 Å². The molecular weight excluding hydrogens is 1020 g/mol. The Morgan fingerprint density at radius 2 is 1.65 bits per heavy atom. The van der Waals surface area contributed by atoms with Crippen LogP contribution in [0.15, 0.2) is 23.2 Å². The lowest BCUT2D eigenvalue weighted by Gasteiger charge is -2.52. The molecule has 2 aromatic carbocycles. The number of aliphatic hydroxyl groups excluding tert-OH is 4. The minimum Gasteiger partial charge on any atom is -0.504 e. The zero-order valence-electron chi connectivity index (χ0n) is 46.3. The standard InChI is InChI=1S/C62H86N4O10S2/c1-39(2)52-33-78-77-32-50-49-30-48-41-12-16-45(70)29-44(69)15-11-40-13-18-53(71)55(75-38-68)47(40)9-6-8-42(28-41)54(56(48)76-57(49)72)74-37-64-62(22-7-10-51(50)65-58(63)66-52)36-60(23-19-43(62)14-17-46(31-67)73-3)26-27-61(35-60)25-24-59(34-61)20-4-5-21-59/h13,18,28,39,43,45-46,49-52,57,64,67-68,70-72H,4-5,8,11-12,14-17,19-27,29-38H2,1-3H3,(H3,63,65,66). The number of guanidine groups is 1. The van der Waals surface area contributed by atoms with Gasteiger partial charge in [0.2, 0.25) is 6.29 Å². The number of aliphatic hydroxyl groups is 4. The average Bonchev–Trinajstić information content (AvgIpc) is 4.18. The molecule has 11 rings (SSSR count). The minimum absolute atomic E-state index is 0.00911. The highest BCUT2D eigenvalue weighted by Crippen LogP contribution is 2.69. The number of nitrogens with two attached hydrogens (primary N) is 1. The fourth-order valence-corrected chi connectivity index (χ4v) is 18.7. The van der Waals surface area contributed by atoms with Gasteiger partial charge in [0.25, 0.3) is 0 Å². The first-order valence-electron chi connectivity index (χ1n) is 29.3. The predicted octanol–water partition coefficient (Wildman–Crippen LogP) is 8.25. The van der Waals surface area contributed by atoms with Crippen LogP contribution in [0.2, 0.25) is 0 Å². The number of aryl methyl sites for hydroxylation is 2. The molecule has 16 heteroatoms. The van der Waals surface area contributed by atoms with E-state index in [1.54, 1.807) is 34.8 Å². The summed E-state index contributed by atoms with van der Waals surface area (Å²) >= 11 is 0. The van der Waals surface area contributed by atoms with Crippen molar-refractivity contribution in [1.29, 1.82) is 0 Å². The zero-order chi connectivity index (χ0) is 54.7. The third kappa shape index (κ3) is 12.5. The van der Waals surface area contributed by atoms with Gasteiger partial charge in [0.05, 0.1) is 36.5 Å². The fourth-order valence-electron chi connectivity index (χ4n) is 15.8. The van der Waals surface area contributed by atoms with Gasteiger partial charge in [0.15, 0.2) is 35.8 Å². The van der Waals surface area contributed by atoms with E-state index in [9.17, 15) is 30.3 Å². The van der Waals surface area contributed by atoms with Crippen molar-refractivity contribution in [3.63, 3.8) is 0 Å². The Bertz CT molecular complexity index is 2640. The number of aliphatic imine (C=N–C) groups is 1. The van der Waals surface area contributed by atoms with Crippen LogP contribution in [0.25, 0.3) is 0 Å². The molecule has 4 fully saturated rings. The highest BCUT2D eigenvalue weighted by molar-refractivity contribution is 8.76. The SMILES string of the molecule is COC(CO)CCC1CCC2(CCC3(CCC4(CCCC4)C3)C2)CC12CC#CC1NC(N)=NC(C(C)C)CSSCC1C1Cc3c4cc(c(c3OC1O)OCN2)CC#Cc1c(ccc(O)c1OCO)CCC(=O)CC(O)CC4. The van der Waals surface area contributed by atoms with E-state index in [2.05, 4.69) is 54.2 Å². The maximum Gasteiger partial charge on any atom is 0.201 e. The molecule has 0 amide bonds. The quantitative estimate of drug-likeness (QED) is 0.0709. The predicted molar refractivity (Wildman–Crippen MR) is 306 cm³/mol. The second kappa shape index (κ2) is 24.7. The summed E-state index contributed by atoms with van der Waals surface area (Å²) in [5, 5.41) is 63.0. The smallest absolute Gasteiger partial charge is 0.201 e. The number of carbonyl (C=O) groups excluding carboxylic acids is 1. The number of nitrogens with zero attached hydrogens (tertiary/aromatic N) is 1. The van der Waals surface area contributed by atoms with Gasteiger partial charge < -0.3 is 55.5 Å².